The van der Waals surface area contributed by atoms with Crippen molar-refractivity contribution in [2.75, 3.05) is 5.73 Å². The van der Waals surface area contributed by atoms with E-state index in [0.29, 0.717) is 16.8 Å². The first-order chi connectivity index (χ1) is 14.0. The summed E-state index contributed by atoms with van der Waals surface area (Å²) < 4.78 is 61.8. The lowest BCUT2D eigenvalue weighted by Gasteiger charge is -2.18. The van der Waals surface area contributed by atoms with Crippen LogP contribution in [0.4, 0.5) is 23.2 Å². The van der Waals surface area contributed by atoms with Gasteiger partial charge in [0.1, 0.15) is 18.0 Å². The minimum absolute atomic E-state index is 0.109. The van der Waals surface area contributed by atoms with Crippen molar-refractivity contribution in [1.82, 2.24) is 4.57 Å². The van der Waals surface area contributed by atoms with Gasteiger partial charge < -0.3 is 20.1 Å². The largest absolute Gasteiger partial charge is 0.477 e. The van der Waals surface area contributed by atoms with Crippen LogP contribution in [-0.4, -0.2) is 21.6 Å². The number of anilines is 1. The van der Waals surface area contributed by atoms with Gasteiger partial charge in [-0.3, -0.25) is 9.59 Å². The van der Waals surface area contributed by atoms with Gasteiger partial charge in [-0.25, -0.2) is 22.4 Å². The summed E-state index contributed by atoms with van der Waals surface area (Å²) in [5.74, 6) is -8.78. The van der Waals surface area contributed by atoms with Crippen LogP contribution in [0.15, 0.2) is 29.2 Å². The lowest BCUT2D eigenvalue weighted by atomic mass is 10.1. The number of carboxylic acid groups (broad SMARTS) is 1. The number of aromatic nitrogens is 1. The molecule has 0 fully saturated rings. The number of fused-ring (bicyclic) bond motifs is 1. The quantitative estimate of drug-likeness (QED) is 0.288. The van der Waals surface area contributed by atoms with E-state index in [0.717, 1.165) is 19.1 Å². The number of nitrogens with zero attached hydrogens (tertiary/aromatic N) is 1. The van der Waals surface area contributed by atoms with Gasteiger partial charge >= 0.3 is 11.9 Å². The number of aromatic carboxylic acids is 1. The van der Waals surface area contributed by atoms with E-state index in [9.17, 15) is 37.1 Å². The van der Waals surface area contributed by atoms with E-state index in [-0.39, 0.29) is 11.3 Å². The second-order valence-electron chi connectivity index (χ2n) is 6.21. The molecule has 3 aromatic rings. The van der Waals surface area contributed by atoms with Gasteiger partial charge in [0.15, 0.2) is 17.5 Å². The standard InChI is InChI=1S/C19H12F4N2O5/c1-7(26)30-6-8-2-11(20)13(24)4-14(8)25-5-10(19(28)29)18(27)9-3-12(21)15(22)16(23)17(9)25/h2-5H,6,24H2,1H3,(H,28,29). The molecule has 0 spiro atoms. The van der Waals surface area contributed by atoms with Gasteiger partial charge in [-0.15, -0.1) is 0 Å². The first-order valence-corrected chi connectivity index (χ1v) is 8.20. The minimum Gasteiger partial charge on any atom is -0.477 e. The number of halogens is 4. The highest BCUT2D eigenvalue weighted by molar-refractivity contribution is 5.93. The third-order valence-corrected chi connectivity index (χ3v) is 4.24. The molecule has 1 aromatic heterocycles. The zero-order chi connectivity index (χ0) is 22.3. The van der Waals surface area contributed by atoms with E-state index in [2.05, 4.69) is 0 Å². The van der Waals surface area contributed by atoms with Crippen molar-refractivity contribution in [2.24, 2.45) is 0 Å². The molecule has 11 heteroatoms. The van der Waals surface area contributed by atoms with Crippen molar-refractivity contribution in [1.29, 1.82) is 0 Å². The Labute approximate surface area is 164 Å². The molecule has 0 aliphatic carbocycles. The number of benzene rings is 2. The highest BCUT2D eigenvalue weighted by atomic mass is 19.2. The van der Waals surface area contributed by atoms with Crippen molar-refractivity contribution < 1.29 is 37.0 Å². The number of rotatable bonds is 4. The van der Waals surface area contributed by atoms with Crippen LogP contribution >= 0.6 is 0 Å². The molecule has 30 heavy (non-hydrogen) atoms. The lowest BCUT2D eigenvalue weighted by Crippen LogP contribution is -2.20. The molecule has 156 valence electrons. The normalized spacial score (nSPS) is 11.0. The van der Waals surface area contributed by atoms with Crippen LogP contribution in [0.2, 0.25) is 0 Å². The Morgan fingerprint density at radius 2 is 1.77 bits per heavy atom. The summed E-state index contributed by atoms with van der Waals surface area (Å²) in [6.07, 6.45) is 0.664. The van der Waals surface area contributed by atoms with Crippen LogP contribution in [0.5, 0.6) is 0 Å². The molecule has 0 unspecified atom stereocenters. The minimum atomic E-state index is -1.91. The SMILES string of the molecule is CC(=O)OCc1cc(F)c(N)cc1-n1cc(C(=O)O)c(=O)c2cc(F)c(F)c(F)c21. The van der Waals surface area contributed by atoms with Gasteiger partial charge in [0, 0.05) is 18.7 Å². The fourth-order valence-electron chi connectivity index (χ4n) is 2.87. The fourth-order valence-corrected chi connectivity index (χ4v) is 2.87. The van der Waals surface area contributed by atoms with Crippen molar-refractivity contribution >= 4 is 28.5 Å². The molecular weight excluding hydrogens is 412 g/mol. The number of pyridine rings is 1. The molecule has 0 saturated heterocycles. The zero-order valence-corrected chi connectivity index (χ0v) is 15.1. The third-order valence-electron chi connectivity index (χ3n) is 4.24. The zero-order valence-electron chi connectivity index (χ0n) is 15.1. The molecule has 1 heterocycles. The van der Waals surface area contributed by atoms with Crippen molar-refractivity contribution in [2.45, 2.75) is 13.5 Å². The fraction of sp³-hybridized carbons (Fsp3) is 0.105. The van der Waals surface area contributed by atoms with Gasteiger partial charge in [-0.2, -0.15) is 0 Å². The summed E-state index contributed by atoms with van der Waals surface area (Å²) in [6.45, 7) is 0.533. The van der Waals surface area contributed by atoms with Crippen LogP contribution in [0.25, 0.3) is 16.6 Å². The molecule has 0 saturated carbocycles. The molecule has 3 rings (SSSR count). The summed E-state index contributed by atoms with van der Waals surface area (Å²) in [7, 11) is 0. The predicted molar refractivity (Wildman–Crippen MR) is 96.2 cm³/mol. The topological polar surface area (TPSA) is 112 Å². The first kappa shape index (κ1) is 20.8. The van der Waals surface area contributed by atoms with Crippen LogP contribution in [0.3, 0.4) is 0 Å². The maximum atomic E-state index is 14.6. The highest BCUT2D eigenvalue weighted by Gasteiger charge is 2.24. The first-order valence-electron chi connectivity index (χ1n) is 8.20. The average molecular weight is 424 g/mol. The monoisotopic (exact) mass is 424 g/mol. The number of carbonyl (C=O) groups excluding carboxylic acids is 1. The Hall–Kier alpha value is -3.89. The molecule has 7 nitrogen and oxygen atoms in total. The molecule has 2 aromatic carbocycles. The Kier molecular flexibility index (Phi) is 5.21. The molecule has 0 atom stereocenters. The smallest absolute Gasteiger partial charge is 0.341 e. The van der Waals surface area contributed by atoms with Crippen LogP contribution in [0, 0.1) is 23.3 Å². The molecule has 0 aliphatic rings. The summed E-state index contributed by atoms with van der Waals surface area (Å²) in [6, 6.07) is 2.15. The Morgan fingerprint density at radius 1 is 1.10 bits per heavy atom. The Balaban J connectivity index is 2.50. The van der Waals surface area contributed by atoms with Gasteiger partial charge in [-0.1, -0.05) is 0 Å². The molecule has 0 aliphatic heterocycles. The maximum absolute atomic E-state index is 14.6. The predicted octanol–water partition coefficient (Wildman–Crippen LogP) is 2.89. The number of carboxylic acids is 1. The number of nitrogen functional groups attached to an aromatic ring is 1. The van der Waals surface area contributed by atoms with Crippen LogP contribution < -0.4 is 11.2 Å². The van der Waals surface area contributed by atoms with E-state index in [1.54, 1.807) is 0 Å². The molecule has 3 N–H and O–H groups in total. The maximum Gasteiger partial charge on any atom is 0.341 e. The van der Waals surface area contributed by atoms with E-state index < -0.39 is 69.4 Å². The van der Waals surface area contributed by atoms with Crippen LogP contribution in [0.1, 0.15) is 22.8 Å². The van der Waals surface area contributed by atoms with E-state index in [4.69, 9.17) is 10.5 Å². The number of ether oxygens (including phenoxy) is 1. The number of carbonyl (C=O) groups is 2. The summed E-state index contributed by atoms with van der Waals surface area (Å²) in [5, 5.41) is 8.53. The van der Waals surface area contributed by atoms with E-state index in [1.165, 1.54) is 0 Å². The average Bonchev–Trinajstić information content (AvgIpc) is 2.67. The second kappa shape index (κ2) is 7.50. The van der Waals surface area contributed by atoms with E-state index >= 15 is 0 Å². The van der Waals surface area contributed by atoms with Gasteiger partial charge in [0.2, 0.25) is 5.43 Å². The van der Waals surface area contributed by atoms with Crippen molar-refractivity contribution in [3.63, 3.8) is 0 Å². The number of hydrogen-bond donors (Lipinski definition) is 2. The lowest BCUT2D eigenvalue weighted by molar-refractivity contribution is -0.142. The Morgan fingerprint density at radius 3 is 2.37 bits per heavy atom. The molecule has 0 bridgehead atoms. The van der Waals surface area contributed by atoms with Crippen LogP contribution in [-0.2, 0) is 16.1 Å². The molecule has 0 radical (unpaired) electrons. The number of hydrogen-bond acceptors (Lipinski definition) is 5. The third kappa shape index (κ3) is 3.45. The summed E-state index contributed by atoms with van der Waals surface area (Å²) >= 11 is 0. The Bertz CT molecular complexity index is 1290. The second-order valence-corrected chi connectivity index (χ2v) is 6.21. The molecular formula is C19H12F4N2O5. The molecule has 0 amide bonds. The number of esters is 1. The summed E-state index contributed by atoms with van der Waals surface area (Å²) in [4.78, 5) is 35.0. The number of nitrogens with two attached hydrogens (primary N) is 1. The van der Waals surface area contributed by atoms with Crippen molar-refractivity contribution in [3.8, 4) is 5.69 Å². The van der Waals surface area contributed by atoms with Gasteiger partial charge in [0.25, 0.3) is 0 Å². The van der Waals surface area contributed by atoms with E-state index in [1.807, 2.05) is 0 Å². The van der Waals surface area contributed by atoms with Crippen molar-refractivity contribution in [3.05, 3.63) is 69.0 Å². The van der Waals surface area contributed by atoms with Gasteiger partial charge in [-0.05, 0) is 18.2 Å². The summed E-state index contributed by atoms with van der Waals surface area (Å²) in [5.41, 5.74) is 1.80. The van der Waals surface area contributed by atoms with Gasteiger partial charge in [0.05, 0.1) is 22.3 Å². The highest BCUT2D eigenvalue weighted by Crippen LogP contribution is 2.29.